The molecule has 0 saturated heterocycles. The summed E-state index contributed by atoms with van der Waals surface area (Å²) in [7, 11) is 0. The molecule has 0 amide bonds. The van der Waals surface area contributed by atoms with Crippen LogP contribution in [0.15, 0.2) is 0 Å². The predicted octanol–water partition coefficient (Wildman–Crippen LogP) is 5.87. The second kappa shape index (κ2) is 3.85. The quantitative estimate of drug-likeness (QED) is 0.562. The van der Waals surface area contributed by atoms with Crippen molar-refractivity contribution in [2.45, 2.75) is 68.7 Å². The topological polar surface area (TPSA) is 0 Å². The van der Waals surface area contributed by atoms with Gasteiger partial charge in [-0.1, -0.05) is 62.3 Å². The summed E-state index contributed by atoms with van der Waals surface area (Å²) in [6.07, 6.45) is 1.48. The monoisotopic (exact) mass is 276 g/mol. The second-order valence-corrected chi connectivity index (χ2v) is 9.90. The van der Waals surface area contributed by atoms with Crippen molar-refractivity contribution in [2.75, 3.05) is 0 Å². The van der Waals surface area contributed by atoms with Gasteiger partial charge in [0.2, 0.25) is 0 Å². The van der Waals surface area contributed by atoms with Crippen molar-refractivity contribution in [2.24, 2.45) is 57.7 Å². The van der Waals surface area contributed by atoms with Gasteiger partial charge in [0.1, 0.15) is 0 Å². The van der Waals surface area contributed by atoms with E-state index in [1.165, 1.54) is 6.42 Å². The summed E-state index contributed by atoms with van der Waals surface area (Å²) in [6, 6.07) is 0. The summed E-state index contributed by atoms with van der Waals surface area (Å²) in [6.45, 7) is 23.0. The largest absolute Gasteiger partial charge is 0.0625 e. The van der Waals surface area contributed by atoms with Gasteiger partial charge in [0.25, 0.3) is 0 Å². The Balaban J connectivity index is 2.09. The van der Waals surface area contributed by atoms with Crippen molar-refractivity contribution in [3.8, 4) is 0 Å². The van der Waals surface area contributed by atoms with E-state index in [0.29, 0.717) is 16.2 Å². The van der Waals surface area contributed by atoms with Gasteiger partial charge in [-0.2, -0.15) is 0 Å². The first-order chi connectivity index (χ1) is 9.05. The number of hydrogen-bond acceptors (Lipinski definition) is 0. The first-order valence-electron chi connectivity index (χ1n) is 9.05. The van der Waals surface area contributed by atoms with Crippen LogP contribution in [0.2, 0.25) is 0 Å². The molecule has 0 radical (unpaired) electrons. The maximum Gasteiger partial charge on any atom is -0.0130 e. The van der Waals surface area contributed by atoms with Gasteiger partial charge >= 0.3 is 0 Å². The van der Waals surface area contributed by atoms with Gasteiger partial charge in [0, 0.05) is 0 Å². The van der Waals surface area contributed by atoms with Crippen molar-refractivity contribution in [3.05, 3.63) is 0 Å². The Morgan fingerprint density at radius 1 is 0.850 bits per heavy atom. The minimum atomic E-state index is 0.492. The zero-order chi connectivity index (χ0) is 15.2. The Kier molecular flexibility index (Phi) is 2.87. The predicted molar refractivity (Wildman–Crippen MR) is 87.4 cm³/mol. The molecule has 0 nitrogen and oxygen atoms in total. The van der Waals surface area contributed by atoms with Crippen LogP contribution in [-0.4, -0.2) is 0 Å². The highest BCUT2D eigenvalue weighted by Crippen LogP contribution is 2.87. The lowest BCUT2D eigenvalue weighted by molar-refractivity contribution is -0.339. The zero-order valence-corrected chi connectivity index (χ0v) is 15.2. The van der Waals surface area contributed by atoms with Crippen LogP contribution in [-0.2, 0) is 0 Å². The van der Waals surface area contributed by atoms with E-state index in [1.54, 1.807) is 0 Å². The van der Waals surface area contributed by atoms with Crippen molar-refractivity contribution in [3.63, 3.8) is 0 Å². The summed E-state index contributed by atoms with van der Waals surface area (Å²) >= 11 is 0. The molecular formula is C20H36. The summed E-state index contributed by atoms with van der Waals surface area (Å²) < 4.78 is 0. The van der Waals surface area contributed by atoms with Gasteiger partial charge in [-0.15, -0.1) is 0 Å². The maximum absolute atomic E-state index is 2.64. The van der Waals surface area contributed by atoms with Gasteiger partial charge in [0.05, 0.1) is 0 Å². The van der Waals surface area contributed by atoms with Crippen LogP contribution in [0.3, 0.4) is 0 Å². The van der Waals surface area contributed by atoms with Gasteiger partial charge in [-0.05, 0) is 64.1 Å². The van der Waals surface area contributed by atoms with Crippen molar-refractivity contribution in [1.29, 1.82) is 0 Å². The number of rotatable bonds is 1. The zero-order valence-electron chi connectivity index (χ0n) is 15.2. The van der Waals surface area contributed by atoms with E-state index in [-0.39, 0.29) is 0 Å². The third-order valence-electron chi connectivity index (χ3n) is 9.14. The summed E-state index contributed by atoms with van der Waals surface area (Å²) in [4.78, 5) is 0. The third-order valence-corrected chi connectivity index (χ3v) is 9.14. The van der Waals surface area contributed by atoms with Gasteiger partial charge in [-0.25, -0.2) is 0 Å². The molecular weight excluding hydrogens is 240 g/mol. The van der Waals surface area contributed by atoms with E-state index in [4.69, 9.17) is 0 Å². The third kappa shape index (κ3) is 1.16. The molecule has 3 aliphatic carbocycles. The van der Waals surface area contributed by atoms with E-state index in [1.807, 2.05) is 0 Å². The van der Waals surface area contributed by atoms with E-state index < -0.39 is 0 Å². The molecule has 3 rings (SSSR count). The molecule has 0 aliphatic heterocycles. The molecule has 0 aromatic rings. The Labute approximate surface area is 127 Å². The molecule has 116 valence electrons. The lowest BCUT2D eigenvalue weighted by Gasteiger charge is -2.81. The van der Waals surface area contributed by atoms with E-state index in [2.05, 4.69) is 62.3 Å². The number of hydrogen-bond donors (Lipinski definition) is 0. The van der Waals surface area contributed by atoms with Crippen LogP contribution in [0.1, 0.15) is 68.7 Å². The molecule has 0 heteroatoms. The fraction of sp³-hybridized carbons (Fsp3) is 1.00. The van der Waals surface area contributed by atoms with Crippen LogP contribution in [0.25, 0.3) is 0 Å². The lowest BCUT2D eigenvalue weighted by Crippen LogP contribution is -2.76. The first-order valence-corrected chi connectivity index (χ1v) is 9.05. The molecule has 0 bridgehead atoms. The molecule has 8 unspecified atom stereocenters. The second-order valence-electron chi connectivity index (χ2n) is 9.90. The lowest BCUT2D eigenvalue weighted by atomic mass is 9.23. The van der Waals surface area contributed by atoms with Crippen LogP contribution in [0, 0.1) is 57.7 Å². The first kappa shape index (κ1) is 14.9. The molecule has 8 atom stereocenters. The minimum absolute atomic E-state index is 0.492. The maximum atomic E-state index is 2.64. The van der Waals surface area contributed by atoms with E-state index >= 15 is 0 Å². The van der Waals surface area contributed by atoms with Crippen molar-refractivity contribution in [1.82, 2.24) is 0 Å². The van der Waals surface area contributed by atoms with Crippen LogP contribution >= 0.6 is 0 Å². The van der Waals surface area contributed by atoms with Crippen molar-refractivity contribution >= 4 is 0 Å². The normalized spacial score (nSPS) is 60.3. The highest BCUT2D eigenvalue weighted by atomic mass is 14.9. The standard InChI is InChI=1S/C20H36/c1-11(2)16-13(4)18(7,8)20(14(16)5)15(6)17-12(3)10-19(17,20)9/h11-17H,10H2,1-9H3. The Morgan fingerprint density at radius 2 is 1.40 bits per heavy atom. The molecule has 3 aliphatic rings. The fourth-order valence-electron chi connectivity index (χ4n) is 9.19. The van der Waals surface area contributed by atoms with Crippen molar-refractivity contribution < 1.29 is 0 Å². The molecule has 0 N–H and O–H groups in total. The SMILES string of the molecule is CC(C)C1C(C)C(C)(C)C2(C1C)C(C)C1C(C)CC12C. The Hall–Kier alpha value is 0. The van der Waals surface area contributed by atoms with Crippen LogP contribution in [0.5, 0.6) is 0 Å². The molecule has 0 heterocycles. The Morgan fingerprint density at radius 3 is 1.75 bits per heavy atom. The van der Waals surface area contributed by atoms with Gasteiger partial charge < -0.3 is 0 Å². The van der Waals surface area contributed by atoms with Gasteiger partial charge in [-0.3, -0.25) is 0 Å². The molecule has 20 heavy (non-hydrogen) atoms. The van der Waals surface area contributed by atoms with Gasteiger partial charge in [0.15, 0.2) is 0 Å². The average Bonchev–Trinajstić information content (AvgIpc) is 2.43. The molecule has 3 fully saturated rings. The van der Waals surface area contributed by atoms with Crippen LogP contribution in [0.4, 0.5) is 0 Å². The Bertz CT molecular complexity index is 420. The fourth-order valence-corrected chi connectivity index (χ4v) is 9.19. The average molecular weight is 277 g/mol. The highest BCUT2D eigenvalue weighted by Gasteiger charge is 2.82. The minimum Gasteiger partial charge on any atom is -0.0625 e. The molecule has 0 aromatic heterocycles. The smallest absolute Gasteiger partial charge is 0.0130 e. The molecule has 0 aromatic carbocycles. The highest BCUT2D eigenvalue weighted by molar-refractivity contribution is 5.29. The summed E-state index contributed by atoms with van der Waals surface area (Å²) in [5.74, 6) is 6.36. The molecule has 3 saturated carbocycles. The number of fused-ring (bicyclic) bond motifs is 2. The summed E-state index contributed by atoms with van der Waals surface area (Å²) in [5.41, 5.74) is 1.71. The van der Waals surface area contributed by atoms with E-state index in [9.17, 15) is 0 Å². The van der Waals surface area contributed by atoms with Crippen LogP contribution < -0.4 is 0 Å². The molecule has 1 spiro atoms. The summed E-state index contributed by atoms with van der Waals surface area (Å²) in [5, 5.41) is 0. The van der Waals surface area contributed by atoms with E-state index in [0.717, 1.165) is 41.4 Å².